The van der Waals surface area contributed by atoms with Crippen LogP contribution >= 0.6 is 0 Å². The van der Waals surface area contributed by atoms with E-state index in [0.29, 0.717) is 18.7 Å². The summed E-state index contributed by atoms with van der Waals surface area (Å²) in [4.78, 5) is 23.9. The number of fused-ring (bicyclic) bond motifs is 1. The van der Waals surface area contributed by atoms with Gasteiger partial charge in [0.25, 0.3) is 0 Å². The van der Waals surface area contributed by atoms with Crippen molar-refractivity contribution in [1.29, 1.82) is 0 Å². The van der Waals surface area contributed by atoms with Crippen molar-refractivity contribution in [3.8, 4) is 5.69 Å². The summed E-state index contributed by atoms with van der Waals surface area (Å²) in [5.74, 6) is -0.00653. The van der Waals surface area contributed by atoms with Gasteiger partial charge in [-0.15, -0.1) is 0 Å². The SMILES string of the molecule is CC(C)(C)c1cc(F)cc(CCCCN)c1.CC(C)(C)c1cc2cn(-c3ccc(CNCCCN=C(N)N)cc3)c(=O)nc2[nH]1. The average Bonchev–Trinajstić information content (AvgIpc) is 3.38. The largest absolute Gasteiger partial charge is 0.370 e. The van der Waals surface area contributed by atoms with Gasteiger partial charge in [-0.2, -0.15) is 4.98 Å². The van der Waals surface area contributed by atoms with Crippen LogP contribution < -0.4 is 28.2 Å². The summed E-state index contributed by atoms with van der Waals surface area (Å²) < 4.78 is 15.0. The van der Waals surface area contributed by atoms with Gasteiger partial charge in [-0.25, -0.2) is 9.18 Å². The first-order valence-electron chi connectivity index (χ1n) is 15.7. The van der Waals surface area contributed by atoms with E-state index in [2.05, 4.69) is 74.0 Å². The number of H-pyrrole nitrogens is 1. The molecule has 0 aliphatic heterocycles. The maximum Gasteiger partial charge on any atom is 0.354 e. The molecule has 244 valence electrons. The minimum Gasteiger partial charge on any atom is -0.370 e. The Bertz CT molecular complexity index is 1600. The number of nitrogens with two attached hydrogens (primary N) is 3. The standard InChI is InChI=1S/C21H29N7O.C14H22FN/c1-21(2,3)17-11-15-13-28(20(29)27-18(15)26-17)16-7-5-14(6-8-16)12-24-9-4-10-25-19(22)23;1-14(2,3)12-8-11(6-4-5-7-16)9-13(15)10-12/h5-8,11,13,24H,4,9-10,12H2,1-3H3,(H4,22,23,25)(H,26,27,29);8-10H,4-7,16H2,1-3H3. The van der Waals surface area contributed by atoms with Gasteiger partial charge in [0.15, 0.2) is 5.96 Å². The minimum absolute atomic E-state index is 0.00468. The number of unbranched alkanes of at least 4 members (excludes halogenated alkanes) is 1. The third-order valence-corrected chi connectivity index (χ3v) is 7.41. The van der Waals surface area contributed by atoms with Crippen LogP contribution in [0.25, 0.3) is 16.7 Å². The second-order valence-electron chi connectivity index (χ2n) is 13.5. The molecule has 0 fully saturated rings. The molecule has 8 N–H and O–H groups in total. The maximum atomic E-state index is 13.4. The molecule has 2 heterocycles. The molecule has 4 rings (SSSR count). The number of nitrogens with one attached hydrogen (secondary N) is 2. The summed E-state index contributed by atoms with van der Waals surface area (Å²) in [6, 6.07) is 15.3. The quantitative estimate of drug-likeness (QED) is 0.0888. The van der Waals surface area contributed by atoms with Crippen molar-refractivity contribution >= 4 is 17.0 Å². The van der Waals surface area contributed by atoms with Crippen LogP contribution in [0.5, 0.6) is 0 Å². The lowest BCUT2D eigenvalue weighted by Gasteiger charge is -2.20. The Labute approximate surface area is 266 Å². The van der Waals surface area contributed by atoms with Crippen LogP contribution in [0.1, 0.15) is 83.2 Å². The fraction of sp³-hybridized carbons (Fsp3) is 0.457. The van der Waals surface area contributed by atoms with Gasteiger partial charge in [0.2, 0.25) is 0 Å². The number of rotatable bonds is 11. The normalized spacial score (nSPS) is 11.7. The maximum absolute atomic E-state index is 13.4. The van der Waals surface area contributed by atoms with Crippen LogP contribution in [0.2, 0.25) is 0 Å². The van der Waals surface area contributed by atoms with Gasteiger partial charge in [-0.05, 0) is 91.2 Å². The second-order valence-corrected chi connectivity index (χ2v) is 13.5. The zero-order valence-corrected chi connectivity index (χ0v) is 27.7. The van der Waals surface area contributed by atoms with E-state index in [4.69, 9.17) is 17.2 Å². The van der Waals surface area contributed by atoms with Crippen molar-refractivity contribution in [1.82, 2.24) is 19.9 Å². The van der Waals surface area contributed by atoms with E-state index in [1.807, 2.05) is 30.5 Å². The summed E-state index contributed by atoms with van der Waals surface area (Å²) in [5, 5.41) is 4.27. The minimum atomic E-state index is -0.301. The molecule has 0 saturated heterocycles. The molecule has 10 heteroatoms. The molecule has 9 nitrogen and oxygen atoms in total. The van der Waals surface area contributed by atoms with Crippen molar-refractivity contribution in [3.05, 3.63) is 93.4 Å². The highest BCUT2D eigenvalue weighted by Crippen LogP contribution is 2.26. The number of aryl methyl sites for hydroxylation is 1. The van der Waals surface area contributed by atoms with Gasteiger partial charge in [0.1, 0.15) is 11.5 Å². The van der Waals surface area contributed by atoms with Gasteiger partial charge in [-0.1, -0.05) is 59.7 Å². The molecule has 0 radical (unpaired) electrons. The lowest BCUT2D eigenvalue weighted by atomic mass is 9.85. The second kappa shape index (κ2) is 15.8. The van der Waals surface area contributed by atoms with Gasteiger partial charge < -0.3 is 27.5 Å². The predicted molar refractivity (Wildman–Crippen MR) is 184 cm³/mol. The van der Waals surface area contributed by atoms with E-state index >= 15 is 0 Å². The number of aliphatic imine (C=N–C) groups is 1. The molecule has 2 aromatic carbocycles. The molecule has 0 atom stereocenters. The molecule has 45 heavy (non-hydrogen) atoms. The molecule has 0 aliphatic rings. The van der Waals surface area contributed by atoms with E-state index in [9.17, 15) is 9.18 Å². The first-order valence-corrected chi connectivity index (χ1v) is 15.7. The summed E-state index contributed by atoms with van der Waals surface area (Å²) in [5.41, 5.74) is 21.5. The van der Waals surface area contributed by atoms with Crippen LogP contribution in [-0.2, 0) is 23.8 Å². The molecule has 2 aromatic heterocycles. The molecule has 4 aromatic rings. The highest BCUT2D eigenvalue weighted by atomic mass is 19.1. The van der Waals surface area contributed by atoms with E-state index < -0.39 is 0 Å². The average molecular weight is 619 g/mol. The first-order chi connectivity index (χ1) is 21.2. The molecular formula is C35H51FN8O. The van der Waals surface area contributed by atoms with Gasteiger partial charge >= 0.3 is 5.69 Å². The molecule has 0 amide bonds. The molecule has 0 bridgehead atoms. The lowest BCUT2D eigenvalue weighted by Crippen LogP contribution is -2.23. The zero-order chi connectivity index (χ0) is 33.2. The summed E-state index contributed by atoms with van der Waals surface area (Å²) in [6.45, 7) is 15.6. The highest BCUT2D eigenvalue weighted by Gasteiger charge is 2.18. The Morgan fingerprint density at radius 1 is 0.956 bits per heavy atom. The molecular weight excluding hydrogens is 567 g/mol. The monoisotopic (exact) mass is 618 g/mol. The van der Waals surface area contributed by atoms with E-state index in [1.165, 1.54) is 0 Å². The van der Waals surface area contributed by atoms with Crippen molar-refractivity contribution in [2.75, 3.05) is 19.6 Å². The number of benzene rings is 2. The summed E-state index contributed by atoms with van der Waals surface area (Å²) >= 11 is 0. The third-order valence-electron chi connectivity index (χ3n) is 7.41. The van der Waals surface area contributed by atoms with Crippen molar-refractivity contribution in [2.45, 2.75) is 84.6 Å². The Morgan fingerprint density at radius 3 is 2.29 bits per heavy atom. The molecule has 0 saturated carbocycles. The number of aromatic nitrogens is 3. The molecule has 0 unspecified atom stereocenters. The van der Waals surface area contributed by atoms with E-state index in [-0.39, 0.29) is 28.3 Å². The van der Waals surface area contributed by atoms with Gasteiger partial charge in [0.05, 0.1) is 5.69 Å². The number of guanidine groups is 1. The van der Waals surface area contributed by atoms with Gasteiger partial charge in [-0.3, -0.25) is 9.56 Å². The van der Waals surface area contributed by atoms with Crippen LogP contribution in [0.4, 0.5) is 4.39 Å². The lowest BCUT2D eigenvalue weighted by molar-refractivity contribution is 0.569. The zero-order valence-electron chi connectivity index (χ0n) is 27.7. The number of aromatic amines is 1. The predicted octanol–water partition coefficient (Wildman–Crippen LogP) is 5.17. The number of nitrogens with zero attached hydrogens (tertiary/aromatic N) is 3. The highest BCUT2D eigenvalue weighted by molar-refractivity contribution is 5.76. The third kappa shape index (κ3) is 11.1. The Hall–Kier alpha value is -4.02. The topological polar surface area (TPSA) is 153 Å². The Balaban J connectivity index is 0.000000292. The van der Waals surface area contributed by atoms with Crippen LogP contribution in [0, 0.1) is 5.82 Å². The smallest absolute Gasteiger partial charge is 0.354 e. The van der Waals surface area contributed by atoms with Crippen molar-refractivity contribution < 1.29 is 4.39 Å². The first kappa shape index (κ1) is 35.5. The van der Waals surface area contributed by atoms with E-state index in [1.54, 1.807) is 16.7 Å². The van der Waals surface area contributed by atoms with Crippen LogP contribution in [0.3, 0.4) is 0 Å². The van der Waals surface area contributed by atoms with E-state index in [0.717, 1.165) is 72.2 Å². The fourth-order valence-corrected chi connectivity index (χ4v) is 4.70. The Kier molecular flexibility index (Phi) is 12.5. The molecule has 0 aliphatic carbocycles. The number of halogens is 1. The van der Waals surface area contributed by atoms with Crippen molar-refractivity contribution in [3.63, 3.8) is 0 Å². The van der Waals surface area contributed by atoms with Crippen LogP contribution in [0.15, 0.2) is 64.5 Å². The van der Waals surface area contributed by atoms with Gasteiger partial charge in [0, 0.05) is 35.8 Å². The van der Waals surface area contributed by atoms with Crippen LogP contribution in [-0.4, -0.2) is 40.1 Å². The number of hydrogen-bond acceptors (Lipinski definition) is 5. The summed E-state index contributed by atoms with van der Waals surface area (Å²) in [6.07, 6.45) is 5.65. The van der Waals surface area contributed by atoms with Crippen molar-refractivity contribution in [2.24, 2.45) is 22.2 Å². The number of hydrogen-bond donors (Lipinski definition) is 5. The summed E-state index contributed by atoms with van der Waals surface area (Å²) in [7, 11) is 0. The Morgan fingerprint density at radius 2 is 1.67 bits per heavy atom. The fourth-order valence-electron chi connectivity index (χ4n) is 4.70. The molecule has 0 spiro atoms.